The Morgan fingerprint density at radius 2 is 2.00 bits per heavy atom. The van der Waals surface area contributed by atoms with E-state index in [0.717, 1.165) is 12.8 Å². The van der Waals surface area contributed by atoms with Crippen LogP contribution in [0, 0.1) is 5.92 Å². The molecule has 2 atom stereocenters. The maximum Gasteiger partial charge on any atom is 0.220 e. The van der Waals surface area contributed by atoms with Gasteiger partial charge >= 0.3 is 0 Å². The van der Waals surface area contributed by atoms with Crippen LogP contribution in [0.3, 0.4) is 0 Å². The second kappa shape index (κ2) is 6.37. The van der Waals surface area contributed by atoms with Gasteiger partial charge in [-0.05, 0) is 18.8 Å². The summed E-state index contributed by atoms with van der Waals surface area (Å²) in [6, 6.07) is 0.195. The molecule has 15 heavy (non-hydrogen) atoms. The lowest BCUT2D eigenvalue weighted by molar-refractivity contribution is -0.122. The Morgan fingerprint density at radius 3 is 2.67 bits per heavy atom. The van der Waals surface area contributed by atoms with Gasteiger partial charge < -0.3 is 5.32 Å². The van der Waals surface area contributed by atoms with Crippen molar-refractivity contribution in [1.29, 1.82) is 0 Å². The van der Waals surface area contributed by atoms with E-state index in [1.54, 1.807) is 0 Å². The van der Waals surface area contributed by atoms with Gasteiger partial charge in [0.2, 0.25) is 5.91 Å². The van der Waals surface area contributed by atoms with E-state index in [9.17, 15) is 4.79 Å². The third-order valence-corrected chi connectivity index (χ3v) is 3.39. The molecule has 0 bridgehead atoms. The van der Waals surface area contributed by atoms with E-state index in [1.165, 1.54) is 19.3 Å². The summed E-state index contributed by atoms with van der Waals surface area (Å²) in [5.41, 5.74) is 0. The van der Waals surface area contributed by atoms with Crippen LogP contribution in [0.25, 0.3) is 0 Å². The van der Waals surface area contributed by atoms with E-state index in [1.807, 2.05) is 0 Å². The first kappa shape index (κ1) is 12.8. The third kappa shape index (κ3) is 4.87. The average Bonchev–Trinajstić information content (AvgIpc) is 2.30. The van der Waals surface area contributed by atoms with Gasteiger partial charge in [0.05, 0.1) is 5.38 Å². The van der Waals surface area contributed by atoms with Crippen LogP contribution in [0.1, 0.15) is 52.4 Å². The van der Waals surface area contributed by atoms with E-state index < -0.39 is 0 Å². The lowest BCUT2D eigenvalue weighted by Gasteiger charge is -2.21. The minimum absolute atomic E-state index is 0.128. The highest BCUT2D eigenvalue weighted by Gasteiger charge is 2.23. The summed E-state index contributed by atoms with van der Waals surface area (Å²) in [6.45, 7) is 4.12. The maximum atomic E-state index is 11.6. The molecule has 3 heteroatoms. The zero-order chi connectivity index (χ0) is 11.3. The first-order valence-electron chi connectivity index (χ1n) is 6.03. The zero-order valence-electron chi connectivity index (χ0n) is 9.76. The fourth-order valence-corrected chi connectivity index (χ4v) is 2.40. The third-order valence-electron chi connectivity index (χ3n) is 2.87. The normalized spacial score (nSPS) is 27.5. The van der Waals surface area contributed by atoms with Gasteiger partial charge in [-0.15, -0.1) is 11.6 Å². The molecule has 0 aromatic carbocycles. The van der Waals surface area contributed by atoms with Gasteiger partial charge in [-0.1, -0.05) is 33.1 Å². The molecular formula is C12H22ClNO. The molecule has 1 amide bonds. The Labute approximate surface area is 97.8 Å². The topological polar surface area (TPSA) is 29.1 Å². The van der Waals surface area contributed by atoms with Gasteiger partial charge in [0.15, 0.2) is 0 Å². The van der Waals surface area contributed by atoms with E-state index in [0.29, 0.717) is 12.3 Å². The monoisotopic (exact) mass is 231 g/mol. The van der Waals surface area contributed by atoms with E-state index >= 15 is 0 Å². The highest BCUT2D eigenvalue weighted by Crippen LogP contribution is 2.22. The summed E-state index contributed by atoms with van der Waals surface area (Å²) in [6.07, 6.45) is 6.33. The molecule has 0 heterocycles. The van der Waals surface area contributed by atoms with Crippen molar-refractivity contribution in [2.45, 2.75) is 63.8 Å². The van der Waals surface area contributed by atoms with E-state index in [2.05, 4.69) is 19.2 Å². The fourth-order valence-electron chi connectivity index (χ4n) is 2.06. The smallest absolute Gasteiger partial charge is 0.220 e. The van der Waals surface area contributed by atoms with Gasteiger partial charge in [0.1, 0.15) is 0 Å². The number of carbonyl (C=O) groups is 1. The second-order valence-corrected chi connectivity index (χ2v) is 5.49. The molecule has 2 nitrogen and oxygen atoms in total. The van der Waals surface area contributed by atoms with E-state index in [4.69, 9.17) is 11.6 Å². The Morgan fingerprint density at radius 1 is 1.33 bits per heavy atom. The van der Waals surface area contributed by atoms with Gasteiger partial charge in [0, 0.05) is 12.5 Å². The molecule has 1 aliphatic carbocycles. The van der Waals surface area contributed by atoms with Gasteiger partial charge in [-0.2, -0.15) is 0 Å². The largest absolute Gasteiger partial charge is 0.352 e. The molecule has 0 aromatic rings. The molecule has 1 fully saturated rings. The van der Waals surface area contributed by atoms with Crippen molar-refractivity contribution in [3.8, 4) is 0 Å². The second-order valence-electron chi connectivity index (χ2n) is 4.93. The molecule has 0 aliphatic heterocycles. The van der Waals surface area contributed by atoms with Crippen molar-refractivity contribution in [3.63, 3.8) is 0 Å². The summed E-state index contributed by atoms with van der Waals surface area (Å²) < 4.78 is 0. The van der Waals surface area contributed by atoms with Gasteiger partial charge in [0.25, 0.3) is 0 Å². The zero-order valence-corrected chi connectivity index (χ0v) is 10.5. The minimum Gasteiger partial charge on any atom is -0.352 e. The number of carbonyl (C=O) groups excluding carboxylic acids is 1. The molecule has 0 aromatic heterocycles. The Kier molecular flexibility index (Phi) is 5.44. The van der Waals surface area contributed by atoms with Crippen molar-refractivity contribution in [2.75, 3.05) is 0 Å². The molecule has 1 aliphatic rings. The van der Waals surface area contributed by atoms with Crippen LogP contribution < -0.4 is 5.32 Å². The predicted molar refractivity (Wildman–Crippen MR) is 64.1 cm³/mol. The molecule has 88 valence electrons. The molecule has 2 unspecified atom stereocenters. The molecule has 0 saturated heterocycles. The summed E-state index contributed by atoms with van der Waals surface area (Å²) in [5, 5.41) is 3.20. The summed E-state index contributed by atoms with van der Waals surface area (Å²) in [5.74, 6) is 0.576. The average molecular weight is 232 g/mol. The summed E-state index contributed by atoms with van der Waals surface area (Å²) >= 11 is 6.25. The highest BCUT2D eigenvalue weighted by molar-refractivity contribution is 6.21. The minimum atomic E-state index is 0.128. The Balaban J connectivity index is 2.37. The lowest BCUT2D eigenvalue weighted by atomic mass is 10.1. The first-order chi connectivity index (χ1) is 7.09. The molecular weight excluding hydrogens is 210 g/mol. The molecule has 1 rings (SSSR count). The lowest BCUT2D eigenvalue weighted by Crippen LogP contribution is -2.40. The number of rotatable bonds is 3. The molecule has 0 spiro atoms. The number of amides is 1. The molecule has 0 radical (unpaired) electrons. The van der Waals surface area contributed by atoms with Crippen LogP contribution in [0.15, 0.2) is 0 Å². The van der Waals surface area contributed by atoms with Gasteiger partial charge in [-0.3, -0.25) is 4.79 Å². The Bertz CT molecular complexity index is 206. The van der Waals surface area contributed by atoms with Crippen molar-refractivity contribution in [2.24, 2.45) is 5.92 Å². The standard InChI is InChI=1S/C12H22ClNO/c1-9(2)8-12(15)14-11-7-5-3-4-6-10(11)13/h9-11H,3-8H2,1-2H3,(H,14,15). The predicted octanol–water partition coefficient (Wildman–Crippen LogP) is 3.09. The van der Waals surface area contributed by atoms with Crippen LogP contribution in [0.2, 0.25) is 0 Å². The van der Waals surface area contributed by atoms with Crippen molar-refractivity contribution < 1.29 is 4.79 Å². The number of nitrogens with one attached hydrogen (secondary N) is 1. The van der Waals surface area contributed by atoms with Crippen LogP contribution in [0.4, 0.5) is 0 Å². The van der Waals surface area contributed by atoms with Crippen LogP contribution >= 0.6 is 11.6 Å². The van der Waals surface area contributed by atoms with Crippen LogP contribution in [0.5, 0.6) is 0 Å². The SMILES string of the molecule is CC(C)CC(=O)NC1CCCCCC1Cl. The van der Waals surface area contributed by atoms with Crippen LogP contribution in [-0.4, -0.2) is 17.3 Å². The van der Waals surface area contributed by atoms with Gasteiger partial charge in [-0.25, -0.2) is 0 Å². The van der Waals surface area contributed by atoms with Crippen molar-refractivity contribution in [1.82, 2.24) is 5.32 Å². The number of alkyl halides is 1. The van der Waals surface area contributed by atoms with Crippen molar-refractivity contribution in [3.05, 3.63) is 0 Å². The quantitative estimate of drug-likeness (QED) is 0.587. The fraction of sp³-hybridized carbons (Fsp3) is 0.917. The summed E-state index contributed by atoms with van der Waals surface area (Å²) in [7, 11) is 0. The first-order valence-corrected chi connectivity index (χ1v) is 6.46. The number of hydrogen-bond donors (Lipinski definition) is 1. The maximum absolute atomic E-state index is 11.6. The molecule has 1 N–H and O–H groups in total. The van der Waals surface area contributed by atoms with Crippen molar-refractivity contribution >= 4 is 17.5 Å². The molecule has 1 saturated carbocycles. The Hall–Kier alpha value is -0.240. The number of halogens is 1. The summed E-state index contributed by atoms with van der Waals surface area (Å²) in [4.78, 5) is 11.6. The highest BCUT2D eigenvalue weighted by atomic mass is 35.5. The van der Waals surface area contributed by atoms with E-state index in [-0.39, 0.29) is 17.3 Å². The van der Waals surface area contributed by atoms with Crippen LogP contribution in [-0.2, 0) is 4.79 Å². The number of hydrogen-bond acceptors (Lipinski definition) is 1.